The zero-order chi connectivity index (χ0) is 12.4. The lowest BCUT2D eigenvalue weighted by atomic mass is 10.2. The van der Waals surface area contributed by atoms with E-state index in [4.69, 9.17) is 9.52 Å². The maximum Gasteiger partial charge on any atom is 0.336 e. The van der Waals surface area contributed by atoms with E-state index in [0.29, 0.717) is 4.90 Å². The predicted octanol–water partition coefficient (Wildman–Crippen LogP) is 4.20. The molecule has 0 saturated heterocycles. The van der Waals surface area contributed by atoms with E-state index in [0.717, 1.165) is 15.1 Å². The highest BCUT2D eigenvalue weighted by Crippen LogP contribution is 2.34. The molecular weight excluding hydrogens is 304 g/mol. The lowest BCUT2D eigenvalue weighted by molar-refractivity contribution is 0.0693. The van der Waals surface area contributed by atoms with Gasteiger partial charge >= 0.3 is 5.97 Å². The van der Waals surface area contributed by atoms with Crippen LogP contribution in [0.4, 0.5) is 0 Å². The minimum absolute atomic E-state index is 0.282. The van der Waals surface area contributed by atoms with Gasteiger partial charge in [-0.15, -0.1) is 0 Å². The minimum Gasteiger partial charge on any atom is -0.478 e. The minimum atomic E-state index is -0.935. The Kier molecular flexibility index (Phi) is 3.59. The molecule has 88 valence electrons. The number of halogens is 1. The van der Waals surface area contributed by atoms with E-state index in [9.17, 15) is 4.79 Å². The summed E-state index contributed by atoms with van der Waals surface area (Å²) in [4.78, 5) is 12.8. The standard InChI is InChI=1S/C12H9BrO3S/c1-7-10(4-5-16-7)17-11-3-2-8(13)6-9(11)12(14)15/h2-6H,1H3,(H,14,15). The van der Waals surface area contributed by atoms with E-state index in [1.807, 2.05) is 19.1 Å². The van der Waals surface area contributed by atoms with Crippen molar-refractivity contribution in [1.29, 1.82) is 0 Å². The van der Waals surface area contributed by atoms with Crippen molar-refractivity contribution >= 4 is 33.7 Å². The number of hydrogen-bond acceptors (Lipinski definition) is 3. The summed E-state index contributed by atoms with van der Waals surface area (Å²) in [7, 11) is 0. The van der Waals surface area contributed by atoms with Crippen molar-refractivity contribution in [1.82, 2.24) is 0 Å². The number of rotatable bonds is 3. The van der Waals surface area contributed by atoms with Crippen molar-refractivity contribution in [3.63, 3.8) is 0 Å². The van der Waals surface area contributed by atoms with E-state index in [1.165, 1.54) is 11.8 Å². The second-order valence-corrected chi connectivity index (χ2v) is 5.39. The Hall–Kier alpha value is -1.20. The summed E-state index contributed by atoms with van der Waals surface area (Å²) < 4.78 is 5.94. The van der Waals surface area contributed by atoms with Crippen LogP contribution in [-0.4, -0.2) is 11.1 Å². The summed E-state index contributed by atoms with van der Waals surface area (Å²) in [6.07, 6.45) is 1.59. The average Bonchev–Trinajstić information content (AvgIpc) is 2.67. The molecule has 0 amide bonds. The second kappa shape index (κ2) is 4.98. The summed E-state index contributed by atoms with van der Waals surface area (Å²) in [6.45, 7) is 1.85. The van der Waals surface area contributed by atoms with E-state index in [2.05, 4.69) is 15.9 Å². The van der Waals surface area contributed by atoms with Crippen molar-refractivity contribution in [3.8, 4) is 0 Å². The van der Waals surface area contributed by atoms with Crippen molar-refractivity contribution in [2.45, 2.75) is 16.7 Å². The number of benzene rings is 1. The third kappa shape index (κ3) is 2.73. The highest BCUT2D eigenvalue weighted by Gasteiger charge is 2.13. The summed E-state index contributed by atoms with van der Waals surface area (Å²) in [5.74, 6) is -0.149. The molecule has 1 aromatic heterocycles. The molecule has 0 aliphatic carbocycles. The van der Waals surface area contributed by atoms with Gasteiger partial charge in [-0.05, 0) is 31.2 Å². The van der Waals surface area contributed by atoms with Crippen LogP contribution in [0.2, 0.25) is 0 Å². The van der Waals surface area contributed by atoms with Gasteiger partial charge in [0.15, 0.2) is 0 Å². The lowest BCUT2D eigenvalue weighted by Crippen LogP contribution is -1.98. The molecule has 2 aromatic rings. The quantitative estimate of drug-likeness (QED) is 0.922. The first kappa shape index (κ1) is 12.3. The number of carboxylic acid groups (broad SMARTS) is 1. The number of aryl methyl sites for hydroxylation is 1. The summed E-state index contributed by atoms with van der Waals surface area (Å²) in [5, 5.41) is 9.13. The van der Waals surface area contributed by atoms with E-state index >= 15 is 0 Å². The van der Waals surface area contributed by atoms with Gasteiger partial charge in [-0.2, -0.15) is 0 Å². The highest BCUT2D eigenvalue weighted by atomic mass is 79.9. The normalized spacial score (nSPS) is 10.5. The first-order valence-electron chi connectivity index (χ1n) is 4.82. The summed E-state index contributed by atoms with van der Waals surface area (Å²) >= 11 is 4.66. The van der Waals surface area contributed by atoms with Gasteiger partial charge < -0.3 is 9.52 Å². The van der Waals surface area contributed by atoms with Gasteiger partial charge in [0.1, 0.15) is 5.76 Å². The van der Waals surface area contributed by atoms with Crippen LogP contribution in [0.15, 0.2) is 49.2 Å². The summed E-state index contributed by atoms with van der Waals surface area (Å²) in [5.41, 5.74) is 0.282. The number of carbonyl (C=O) groups is 1. The smallest absolute Gasteiger partial charge is 0.336 e. The Bertz CT molecular complexity index is 563. The molecule has 0 fully saturated rings. The molecule has 0 atom stereocenters. The molecule has 0 spiro atoms. The molecule has 1 aromatic carbocycles. The average molecular weight is 313 g/mol. The van der Waals surface area contributed by atoms with Crippen molar-refractivity contribution < 1.29 is 14.3 Å². The molecule has 0 unspecified atom stereocenters. The second-order valence-electron chi connectivity index (χ2n) is 3.39. The fourth-order valence-corrected chi connectivity index (χ4v) is 2.66. The molecule has 3 nitrogen and oxygen atoms in total. The van der Waals surface area contributed by atoms with Gasteiger partial charge in [0.05, 0.1) is 16.7 Å². The van der Waals surface area contributed by atoms with Crippen LogP contribution in [0, 0.1) is 6.92 Å². The molecule has 2 rings (SSSR count). The van der Waals surface area contributed by atoms with Gasteiger partial charge in [0.25, 0.3) is 0 Å². The lowest BCUT2D eigenvalue weighted by Gasteiger charge is -2.05. The number of aromatic carboxylic acids is 1. The van der Waals surface area contributed by atoms with Crippen LogP contribution in [0.3, 0.4) is 0 Å². The molecule has 1 heterocycles. The van der Waals surface area contributed by atoms with Crippen LogP contribution in [0.1, 0.15) is 16.1 Å². The Morgan fingerprint density at radius 2 is 2.12 bits per heavy atom. The highest BCUT2D eigenvalue weighted by molar-refractivity contribution is 9.10. The van der Waals surface area contributed by atoms with Crippen LogP contribution < -0.4 is 0 Å². The topological polar surface area (TPSA) is 50.4 Å². The first-order valence-corrected chi connectivity index (χ1v) is 6.43. The zero-order valence-corrected chi connectivity index (χ0v) is 11.3. The maximum absolute atomic E-state index is 11.1. The molecule has 0 saturated carbocycles. The van der Waals surface area contributed by atoms with Gasteiger partial charge in [-0.25, -0.2) is 4.79 Å². The zero-order valence-electron chi connectivity index (χ0n) is 8.94. The third-order valence-electron chi connectivity index (χ3n) is 2.20. The van der Waals surface area contributed by atoms with E-state index in [1.54, 1.807) is 18.4 Å². The van der Waals surface area contributed by atoms with Gasteiger partial charge in [-0.1, -0.05) is 27.7 Å². The van der Waals surface area contributed by atoms with Crippen molar-refractivity contribution in [2.75, 3.05) is 0 Å². The number of furan rings is 1. The fraction of sp³-hybridized carbons (Fsp3) is 0.0833. The van der Waals surface area contributed by atoms with Crippen molar-refractivity contribution in [3.05, 3.63) is 46.3 Å². The third-order valence-corrected chi connectivity index (χ3v) is 3.92. The fourth-order valence-electron chi connectivity index (χ4n) is 1.36. The van der Waals surface area contributed by atoms with Gasteiger partial charge in [0, 0.05) is 9.37 Å². The van der Waals surface area contributed by atoms with Crippen LogP contribution >= 0.6 is 27.7 Å². The van der Waals surface area contributed by atoms with Crippen LogP contribution in [-0.2, 0) is 0 Å². The molecule has 1 N–H and O–H groups in total. The summed E-state index contributed by atoms with van der Waals surface area (Å²) in [6, 6.07) is 7.03. The molecule has 17 heavy (non-hydrogen) atoms. The largest absolute Gasteiger partial charge is 0.478 e. The van der Waals surface area contributed by atoms with E-state index < -0.39 is 5.97 Å². The van der Waals surface area contributed by atoms with Crippen LogP contribution in [0.5, 0.6) is 0 Å². The molecule has 0 bridgehead atoms. The number of hydrogen-bond donors (Lipinski definition) is 1. The Morgan fingerprint density at radius 3 is 2.71 bits per heavy atom. The maximum atomic E-state index is 11.1. The van der Waals surface area contributed by atoms with Crippen molar-refractivity contribution in [2.24, 2.45) is 0 Å². The molecular formula is C12H9BrO3S. The first-order chi connectivity index (χ1) is 8.08. The predicted molar refractivity (Wildman–Crippen MR) is 68.7 cm³/mol. The molecule has 0 aliphatic rings. The Morgan fingerprint density at radius 1 is 1.35 bits per heavy atom. The Balaban J connectivity index is 2.39. The molecule has 5 heteroatoms. The van der Waals surface area contributed by atoms with E-state index in [-0.39, 0.29) is 5.56 Å². The SMILES string of the molecule is Cc1occc1Sc1ccc(Br)cc1C(=O)O. The van der Waals surface area contributed by atoms with Gasteiger partial charge in [-0.3, -0.25) is 0 Å². The molecule has 0 aliphatic heterocycles. The Labute approximate surface area is 111 Å². The number of carboxylic acids is 1. The monoisotopic (exact) mass is 312 g/mol. The van der Waals surface area contributed by atoms with Gasteiger partial charge in [0.2, 0.25) is 0 Å². The molecule has 0 radical (unpaired) electrons. The van der Waals surface area contributed by atoms with Crippen LogP contribution in [0.25, 0.3) is 0 Å².